The second-order valence-electron chi connectivity index (χ2n) is 5.39. The number of aliphatic hydroxyl groups is 1. The molecule has 0 heterocycles. The Hall–Kier alpha value is -1.07. The van der Waals surface area contributed by atoms with Gasteiger partial charge in [-0.2, -0.15) is 0 Å². The molecule has 0 aliphatic heterocycles. The molecular formula is C14H21NO3S. The van der Waals surface area contributed by atoms with E-state index in [-0.39, 0.29) is 12.1 Å². The molecule has 1 aliphatic carbocycles. The Morgan fingerprint density at radius 2 is 1.84 bits per heavy atom. The van der Waals surface area contributed by atoms with Gasteiger partial charge in [0, 0.05) is 6.26 Å². The van der Waals surface area contributed by atoms with Gasteiger partial charge in [0.1, 0.15) is 0 Å². The minimum atomic E-state index is -3.26. The largest absolute Gasteiger partial charge is 0.394 e. The van der Waals surface area contributed by atoms with E-state index in [4.69, 9.17) is 0 Å². The van der Waals surface area contributed by atoms with Gasteiger partial charge in [0.05, 0.1) is 22.7 Å². The zero-order chi connectivity index (χ0) is 13.9. The average Bonchev–Trinajstić information content (AvgIpc) is 2.39. The van der Waals surface area contributed by atoms with Gasteiger partial charge in [0.25, 0.3) is 0 Å². The Bertz CT molecular complexity index is 533. The summed E-state index contributed by atoms with van der Waals surface area (Å²) in [5.74, 6) is 0. The molecule has 0 unspecified atom stereocenters. The van der Waals surface area contributed by atoms with Crippen LogP contribution in [-0.2, 0) is 9.84 Å². The number of hydrogen-bond donors (Lipinski definition) is 2. The maximum absolute atomic E-state index is 11.8. The third-order valence-corrected chi connectivity index (χ3v) is 4.95. The summed E-state index contributed by atoms with van der Waals surface area (Å²) >= 11 is 0. The van der Waals surface area contributed by atoms with Crippen molar-refractivity contribution in [2.45, 2.75) is 42.5 Å². The predicted octanol–water partition coefficient (Wildman–Crippen LogP) is 2.20. The Balaban J connectivity index is 2.32. The lowest BCUT2D eigenvalue weighted by Crippen LogP contribution is -2.44. The normalized spacial score (nSPS) is 19.1. The smallest absolute Gasteiger partial charge is 0.177 e. The van der Waals surface area contributed by atoms with Crippen LogP contribution in [0.2, 0.25) is 0 Å². The molecule has 1 aliphatic rings. The summed E-state index contributed by atoms with van der Waals surface area (Å²) in [6, 6.07) is 6.90. The highest BCUT2D eigenvalue weighted by atomic mass is 32.2. The lowest BCUT2D eigenvalue weighted by atomic mass is 9.82. The molecule has 2 N–H and O–H groups in total. The van der Waals surface area contributed by atoms with Crippen molar-refractivity contribution in [3.8, 4) is 0 Å². The van der Waals surface area contributed by atoms with Gasteiger partial charge in [-0.25, -0.2) is 8.42 Å². The molecule has 0 amide bonds. The highest BCUT2D eigenvalue weighted by Crippen LogP contribution is 2.33. The van der Waals surface area contributed by atoms with Crippen LogP contribution in [0.3, 0.4) is 0 Å². The van der Waals surface area contributed by atoms with Gasteiger partial charge in [-0.1, -0.05) is 31.4 Å². The van der Waals surface area contributed by atoms with Crippen molar-refractivity contribution < 1.29 is 13.5 Å². The van der Waals surface area contributed by atoms with Crippen LogP contribution < -0.4 is 5.32 Å². The fourth-order valence-corrected chi connectivity index (χ4v) is 3.57. The molecule has 106 valence electrons. The third-order valence-electron chi connectivity index (χ3n) is 3.80. The van der Waals surface area contributed by atoms with Gasteiger partial charge in [0.15, 0.2) is 9.84 Å². The summed E-state index contributed by atoms with van der Waals surface area (Å²) in [7, 11) is -3.26. The molecule has 1 aromatic rings. The highest BCUT2D eigenvalue weighted by molar-refractivity contribution is 7.90. The molecular weight excluding hydrogens is 262 g/mol. The maximum Gasteiger partial charge on any atom is 0.177 e. The molecule has 0 spiro atoms. The molecule has 0 radical (unpaired) electrons. The van der Waals surface area contributed by atoms with E-state index in [0.29, 0.717) is 10.6 Å². The predicted molar refractivity (Wildman–Crippen MR) is 76.1 cm³/mol. The minimum absolute atomic E-state index is 0.0328. The number of rotatable bonds is 4. The first kappa shape index (κ1) is 14.3. The Morgan fingerprint density at radius 1 is 1.21 bits per heavy atom. The van der Waals surface area contributed by atoms with E-state index < -0.39 is 9.84 Å². The highest BCUT2D eigenvalue weighted by Gasteiger charge is 2.32. The van der Waals surface area contributed by atoms with E-state index in [1.807, 2.05) is 6.07 Å². The van der Waals surface area contributed by atoms with Crippen LogP contribution >= 0.6 is 0 Å². The van der Waals surface area contributed by atoms with E-state index in [0.717, 1.165) is 25.7 Å². The molecule has 0 bridgehead atoms. The van der Waals surface area contributed by atoms with Crippen molar-refractivity contribution in [2.75, 3.05) is 18.2 Å². The summed E-state index contributed by atoms with van der Waals surface area (Å²) in [5.41, 5.74) is 0.222. The van der Waals surface area contributed by atoms with Gasteiger partial charge in [0.2, 0.25) is 0 Å². The van der Waals surface area contributed by atoms with E-state index in [1.54, 1.807) is 18.2 Å². The third kappa shape index (κ3) is 3.28. The summed E-state index contributed by atoms with van der Waals surface area (Å²) < 4.78 is 23.6. The molecule has 5 heteroatoms. The van der Waals surface area contributed by atoms with E-state index in [9.17, 15) is 13.5 Å². The fourth-order valence-electron chi connectivity index (χ4n) is 2.73. The van der Waals surface area contributed by atoms with Crippen molar-refractivity contribution in [2.24, 2.45) is 0 Å². The van der Waals surface area contributed by atoms with Gasteiger partial charge < -0.3 is 10.4 Å². The molecule has 0 saturated heterocycles. The van der Waals surface area contributed by atoms with E-state index in [2.05, 4.69) is 5.32 Å². The SMILES string of the molecule is CS(=O)(=O)c1ccccc1NC1(CO)CCCCC1. The first-order valence-corrected chi connectivity index (χ1v) is 8.54. The Labute approximate surface area is 114 Å². The number of benzene rings is 1. The minimum Gasteiger partial charge on any atom is -0.394 e. The van der Waals surface area contributed by atoms with E-state index in [1.165, 1.54) is 12.7 Å². The lowest BCUT2D eigenvalue weighted by Gasteiger charge is -2.37. The van der Waals surface area contributed by atoms with Crippen LogP contribution in [0.4, 0.5) is 5.69 Å². The van der Waals surface area contributed by atoms with E-state index >= 15 is 0 Å². The molecule has 1 aromatic carbocycles. The van der Waals surface area contributed by atoms with Crippen LogP contribution in [0.25, 0.3) is 0 Å². The summed E-state index contributed by atoms with van der Waals surface area (Å²) in [5, 5.41) is 13.0. The first-order chi connectivity index (χ1) is 8.97. The number of hydrogen-bond acceptors (Lipinski definition) is 4. The Morgan fingerprint density at radius 3 is 2.42 bits per heavy atom. The number of anilines is 1. The van der Waals surface area contributed by atoms with Crippen LogP contribution in [0.15, 0.2) is 29.2 Å². The van der Waals surface area contributed by atoms with Gasteiger partial charge >= 0.3 is 0 Å². The standard InChI is InChI=1S/C14H21NO3S/c1-19(17,18)13-8-4-3-7-12(13)15-14(11-16)9-5-2-6-10-14/h3-4,7-8,15-16H,2,5-6,9-11H2,1H3. The zero-order valence-corrected chi connectivity index (χ0v) is 12.0. The topological polar surface area (TPSA) is 66.4 Å². The second-order valence-corrected chi connectivity index (χ2v) is 7.38. The lowest BCUT2D eigenvalue weighted by molar-refractivity contribution is 0.172. The van der Waals surface area contributed by atoms with Crippen LogP contribution in [0.5, 0.6) is 0 Å². The molecule has 19 heavy (non-hydrogen) atoms. The molecule has 2 rings (SSSR count). The molecule has 0 atom stereocenters. The molecule has 4 nitrogen and oxygen atoms in total. The fraction of sp³-hybridized carbons (Fsp3) is 0.571. The number of aliphatic hydroxyl groups excluding tert-OH is 1. The number of sulfone groups is 1. The Kier molecular flexibility index (Phi) is 4.16. The van der Waals surface area contributed by atoms with Gasteiger partial charge in [-0.05, 0) is 25.0 Å². The molecule has 1 fully saturated rings. The zero-order valence-electron chi connectivity index (χ0n) is 11.2. The number of para-hydroxylation sites is 1. The summed E-state index contributed by atoms with van der Waals surface area (Å²) in [4.78, 5) is 0.299. The van der Waals surface area contributed by atoms with Gasteiger partial charge in [-0.15, -0.1) is 0 Å². The maximum atomic E-state index is 11.8. The van der Waals surface area contributed by atoms with Crippen LogP contribution in [0, 0.1) is 0 Å². The summed E-state index contributed by atoms with van der Waals surface area (Å²) in [6.45, 7) is 0.0328. The van der Waals surface area contributed by atoms with Crippen molar-refractivity contribution in [1.29, 1.82) is 0 Å². The van der Waals surface area contributed by atoms with Crippen LogP contribution in [0.1, 0.15) is 32.1 Å². The monoisotopic (exact) mass is 283 g/mol. The average molecular weight is 283 g/mol. The molecule has 1 saturated carbocycles. The van der Waals surface area contributed by atoms with Crippen molar-refractivity contribution in [1.82, 2.24) is 0 Å². The second kappa shape index (κ2) is 5.51. The van der Waals surface area contributed by atoms with Crippen molar-refractivity contribution >= 4 is 15.5 Å². The van der Waals surface area contributed by atoms with Crippen molar-refractivity contribution in [3.63, 3.8) is 0 Å². The van der Waals surface area contributed by atoms with Crippen molar-refractivity contribution in [3.05, 3.63) is 24.3 Å². The van der Waals surface area contributed by atoms with Gasteiger partial charge in [-0.3, -0.25) is 0 Å². The van der Waals surface area contributed by atoms with Crippen LogP contribution in [-0.4, -0.2) is 31.9 Å². The quantitative estimate of drug-likeness (QED) is 0.889. The number of nitrogens with one attached hydrogen (secondary N) is 1. The molecule has 0 aromatic heterocycles. The first-order valence-electron chi connectivity index (χ1n) is 6.65. The summed E-state index contributed by atoms with van der Waals surface area (Å²) in [6.07, 6.45) is 6.27.